The fourth-order valence-corrected chi connectivity index (χ4v) is 2.12. The number of nitro groups is 1. The van der Waals surface area contributed by atoms with E-state index in [1.165, 1.54) is 6.07 Å². The summed E-state index contributed by atoms with van der Waals surface area (Å²) < 4.78 is 5.04. The molecule has 0 aliphatic rings. The molecule has 0 bridgehead atoms. The Kier molecular flexibility index (Phi) is 5.21. The number of ether oxygens (including phenoxy) is 1. The maximum atomic E-state index is 12.1. The average Bonchev–Trinajstić information content (AvgIpc) is 2.48. The number of para-hydroxylation sites is 1. The molecule has 0 aliphatic heterocycles. The Morgan fingerprint density at radius 3 is 2.73 bits per heavy atom. The molecule has 0 aliphatic carbocycles. The summed E-state index contributed by atoms with van der Waals surface area (Å²) in [6.45, 7) is 0.452. The molecule has 1 amide bonds. The fraction of sp³-hybridized carbons (Fsp3) is 0.188. The van der Waals surface area contributed by atoms with Crippen LogP contribution in [0, 0.1) is 10.1 Å². The van der Waals surface area contributed by atoms with Gasteiger partial charge in [0.05, 0.1) is 18.0 Å². The second-order valence-corrected chi connectivity index (χ2v) is 4.74. The van der Waals surface area contributed by atoms with Gasteiger partial charge in [0.25, 0.3) is 5.69 Å². The number of hydrogen-bond donors (Lipinski definition) is 1. The van der Waals surface area contributed by atoms with Crippen molar-refractivity contribution in [3.05, 3.63) is 69.8 Å². The monoisotopic (exact) mass is 300 g/mol. The van der Waals surface area contributed by atoms with E-state index < -0.39 is 4.92 Å². The molecule has 1 N–H and O–H groups in total. The van der Waals surface area contributed by atoms with Crippen molar-refractivity contribution in [1.82, 2.24) is 0 Å². The summed E-state index contributed by atoms with van der Waals surface area (Å²) in [7, 11) is 1.60. The van der Waals surface area contributed by atoms with Crippen LogP contribution in [0.3, 0.4) is 0 Å². The zero-order valence-electron chi connectivity index (χ0n) is 12.1. The van der Waals surface area contributed by atoms with E-state index in [4.69, 9.17) is 4.74 Å². The molecule has 6 nitrogen and oxygen atoms in total. The zero-order valence-corrected chi connectivity index (χ0v) is 12.1. The van der Waals surface area contributed by atoms with Gasteiger partial charge in [-0.1, -0.05) is 30.3 Å². The van der Waals surface area contributed by atoms with Gasteiger partial charge in [0, 0.05) is 24.4 Å². The highest BCUT2D eigenvalue weighted by Gasteiger charge is 2.15. The second-order valence-electron chi connectivity index (χ2n) is 4.74. The first-order chi connectivity index (χ1) is 10.6. The number of anilines is 1. The lowest BCUT2D eigenvalue weighted by molar-refractivity contribution is -0.385. The number of amides is 1. The molecule has 22 heavy (non-hydrogen) atoms. The van der Waals surface area contributed by atoms with Crippen LogP contribution in [0.5, 0.6) is 0 Å². The first-order valence-electron chi connectivity index (χ1n) is 6.70. The van der Waals surface area contributed by atoms with Crippen molar-refractivity contribution in [2.24, 2.45) is 0 Å². The molecule has 0 heterocycles. The molecule has 114 valence electrons. The molecule has 2 rings (SSSR count). The molecule has 0 fully saturated rings. The Balaban J connectivity index is 2.07. The van der Waals surface area contributed by atoms with E-state index in [9.17, 15) is 14.9 Å². The van der Waals surface area contributed by atoms with Crippen molar-refractivity contribution in [2.75, 3.05) is 12.4 Å². The van der Waals surface area contributed by atoms with Gasteiger partial charge in [-0.05, 0) is 17.7 Å². The molecule has 2 aromatic rings. The number of carbonyl (C=O) groups is 1. The molecule has 6 heteroatoms. The normalized spacial score (nSPS) is 10.2. The van der Waals surface area contributed by atoms with E-state index in [0.29, 0.717) is 17.9 Å². The van der Waals surface area contributed by atoms with Gasteiger partial charge in [0.1, 0.15) is 0 Å². The highest BCUT2D eigenvalue weighted by atomic mass is 16.6. The van der Waals surface area contributed by atoms with E-state index in [2.05, 4.69) is 5.32 Å². The van der Waals surface area contributed by atoms with Gasteiger partial charge in [-0.25, -0.2) is 0 Å². The van der Waals surface area contributed by atoms with Crippen LogP contribution in [0.1, 0.15) is 11.1 Å². The second kappa shape index (κ2) is 7.33. The third kappa shape index (κ3) is 4.13. The smallest absolute Gasteiger partial charge is 0.273 e. The van der Waals surface area contributed by atoms with Crippen LogP contribution in [0.4, 0.5) is 11.4 Å². The minimum Gasteiger partial charge on any atom is -0.380 e. The van der Waals surface area contributed by atoms with E-state index in [1.54, 1.807) is 37.4 Å². The van der Waals surface area contributed by atoms with Crippen LogP contribution in [0.15, 0.2) is 48.5 Å². The Labute approximate surface area is 127 Å². The average molecular weight is 300 g/mol. The predicted molar refractivity (Wildman–Crippen MR) is 82.6 cm³/mol. The van der Waals surface area contributed by atoms with E-state index in [-0.39, 0.29) is 18.0 Å². The molecular weight excluding hydrogens is 284 g/mol. The lowest BCUT2D eigenvalue weighted by Crippen LogP contribution is -2.15. The Hall–Kier alpha value is -2.73. The minimum atomic E-state index is -0.484. The molecule has 0 aromatic heterocycles. The lowest BCUT2D eigenvalue weighted by Gasteiger charge is -2.07. The summed E-state index contributed by atoms with van der Waals surface area (Å²) in [5.41, 5.74) is 1.91. The van der Waals surface area contributed by atoms with Gasteiger partial charge >= 0.3 is 0 Å². The lowest BCUT2D eigenvalue weighted by atomic mass is 10.1. The van der Waals surface area contributed by atoms with Crippen LogP contribution >= 0.6 is 0 Å². The van der Waals surface area contributed by atoms with E-state index in [1.807, 2.05) is 12.1 Å². The number of carbonyl (C=O) groups excluding carboxylic acids is 1. The number of benzene rings is 2. The molecule has 0 saturated heterocycles. The van der Waals surface area contributed by atoms with Crippen LogP contribution in [-0.4, -0.2) is 17.9 Å². The van der Waals surface area contributed by atoms with Gasteiger partial charge in [-0.3, -0.25) is 14.9 Å². The summed E-state index contributed by atoms with van der Waals surface area (Å²) in [6, 6.07) is 13.5. The van der Waals surface area contributed by atoms with Gasteiger partial charge in [-0.15, -0.1) is 0 Å². The van der Waals surface area contributed by atoms with Gasteiger partial charge in [0.15, 0.2) is 0 Å². The maximum Gasteiger partial charge on any atom is 0.273 e. The number of nitro benzene ring substituents is 1. The highest BCUT2D eigenvalue weighted by molar-refractivity contribution is 5.92. The van der Waals surface area contributed by atoms with Crippen molar-refractivity contribution in [3.8, 4) is 0 Å². The van der Waals surface area contributed by atoms with Crippen LogP contribution in [0.2, 0.25) is 0 Å². The number of rotatable bonds is 6. The Morgan fingerprint density at radius 1 is 1.23 bits per heavy atom. The number of hydrogen-bond acceptors (Lipinski definition) is 4. The van der Waals surface area contributed by atoms with E-state index >= 15 is 0 Å². The van der Waals surface area contributed by atoms with Gasteiger partial charge in [0.2, 0.25) is 5.91 Å². The number of methoxy groups -OCH3 is 1. The molecule has 0 unspecified atom stereocenters. The summed E-state index contributed by atoms with van der Waals surface area (Å²) >= 11 is 0. The third-order valence-corrected chi connectivity index (χ3v) is 3.06. The summed E-state index contributed by atoms with van der Waals surface area (Å²) in [4.78, 5) is 22.5. The van der Waals surface area contributed by atoms with Crippen molar-refractivity contribution < 1.29 is 14.5 Å². The Bertz CT molecular complexity index is 685. The first kappa shape index (κ1) is 15.7. The number of nitrogens with one attached hydrogen (secondary N) is 1. The standard InChI is InChI=1S/C16H16N2O4/c1-22-11-12-5-4-7-14(9-12)17-16(19)10-13-6-2-3-8-15(13)18(20)21/h2-9H,10-11H2,1H3,(H,17,19). The fourth-order valence-electron chi connectivity index (χ4n) is 2.12. The molecule has 0 radical (unpaired) electrons. The number of nitrogens with zero attached hydrogens (tertiary/aromatic N) is 1. The topological polar surface area (TPSA) is 81.5 Å². The van der Waals surface area contributed by atoms with Crippen molar-refractivity contribution in [1.29, 1.82) is 0 Å². The first-order valence-corrected chi connectivity index (χ1v) is 6.70. The summed E-state index contributed by atoms with van der Waals surface area (Å²) in [5, 5.41) is 13.7. The zero-order chi connectivity index (χ0) is 15.9. The molecule has 2 aromatic carbocycles. The predicted octanol–water partition coefficient (Wildman–Crippen LogP) is 2.92. The van der Waals surface area contributed by atoms with Crippen LogP contribution < -0.4 is 5.32 Å². The molecular formula is C16H16N2O4. The largest absolute Gasteiger partial charge is 0.380 e. The quantitative estimate of drug-likeness (QED) is 0.657. The van der Waals surface area contributed by atoms with Gasteiger partial charge < -0.3 is 10.1 Å². The van der Waals surface area contributed by atoms with Crippen molar-refractivity contribution in [3.63, 3.8) is 0 Å². The van der Waals surface area contributed by atoms with Crippen LogP contribution in [0.25, 0.3) is 0 Å². The minimum absolute atomic E-state index is 0.0499. The SMILES string of the molecule is COCc1cccc(NC(=O)Cc2ccccc2[N+](=O)[O-])c1. The van der Waals surface area contributed by atoms with Gasteiger partial charge in [-0.2, -0.15) is 0 Å². The van der Waals surface area contributed by atoms with E-state index in [0.717, 1.165) is 5.56 Å². The summed E-state index contributed by atoms with van der Waals surface area (Å²) in [5.74, 6) is -0.302. The highest BCUT2D eigenvalue weighted by Crippen LogP contribution is 2.19. The van der Waals surface area contributed by atoms with Crippen molar-refractivity contribution >= 4 is 17.3 Å². The molecule has 0 atom stereocenters. The van der Waals surface area contributed by atoms with Crippen LogP contribution in [-0.2, 0) is 22.6 Å². The van der Waals surface area contributed by atoms with Crippen molar-refractivity contribution in [2.45, 2.75) is 13.0 Å². The molecule has 0 spiro atoms. The Morgan fingerprint density at radius 2 is 2.00 bits per heavy atom. The third-order valence-electron chi connectivity index (χ3n) is 3.06. The maximum absolute atomic E-state index is 12.1. The molecule has 0 saturated carbocycles. The summed E-state index contributed by atoms with van der Waals surface area (Å²) in [6.07, 6.45) is -0.0499.